The van der Waals surface area contributed by atoms with Gasteiger partial charge in [-0.3, -0.25) is 9.36 Å². The van der Waals surface area contributed by atoms with Gasteiger partial charge in [-0.15, -0.1) is 0 Å². The lowest BCUT2D eigenvalue weighted by Gasteiger charge is -2.17. The first-order valence-corrected chi connectivity index (χ1v) is 11.9. The first-order valence-electron chi connectivity index (χ1n) is 10.2. The van der Waals surface area contributed by atoms with Crippen molar-refractivity contribution in [3.8, 4) is 17.2 Å². The maximum Gasteiger partial charge on any atom is 0.330 e. The number of rotatable bonds is 11. The highest BCUT2D eigenvalue weighted by atomic mass is 31.2. The molecule has 1 unspecified atom stereocenters. The molecule has 6 nitrogen and oxygen atoms in total. The number of nitrogens with one attached hydrogen (secondary N) is 1. The fourth-order valence-electron chi connectivity index (χ4n) is 3.32. The topological polar surface area (TPSA) is 88.4 Å². The average molecular weight is 428 g/mol. The zero-order chi connectivity index (χ0) is 22.0. The van der Waals surface area contributed by atoms with Crippen LogP contribution < -0.4 is 5.32 Å². The predicted octanol–water partition coefficient (Wildman–Crippen LogP) is 5.25. The number of nitrogens with zero attached hydrogens (tertiary/aromatic N) is 1. The van der Waals surface area contributed by atoms with E-state index in [9.17, 15) is 14.6 Å². The molecule has 2 rings (SSSR count). The Balaban J connectivity index is 2.21. The Morgan fingerprint density at radius 1 is 1.13 bits per heavy atom. The lowest BCUT2D eigenvalue weighted by atomic mass is 9.94. The Bertz CT molecular complexity index is 929. The molecule has 1 atom stereocenters. The van der Waals surface area contributed by atoms with E-state index in [0.29, 0.717) is 25.8 Å². The van der Waals surface area contributed by atoms with Crippen molar-refractivity contribution >= 4 is 13.5 Å². The third-order valence-electron chi connectivity index (χ3n) is 4.55. The molecule has 0 heterocycles. The van der Waals surface area contributed by atoms with Gasteiger partial charge in [-0.2, -0.15) is 5.26 Å². The van der Waals surface area contributed by atoms with Crippen molar-refractivity contribution in [1.82, 2.24) is 5.32 Å². The minimum absolute atomic E-state index is 0.250. The maximum atomic E-state index is 12.7. The first-order chi connectivity index (χ1) is 14.4. The fraction of sp³-hybridized carbons (Fsp3) is 0.391. The van der Waals surface area contributed by atoms with Gasteiger partial charge in [-0.05, 0) is 55.0 Å². The van der Waals surface area contributed by atoms with Gasteiger partial charge in [0.1, 0.15) is 6.04 Å². The average Bonchev–Trinajstić information content (AvgIpc) is 2.72. The molecule has 2 aromatic rings. The van der Waals surface area contributed by atoms with Crippen molar-refractivity contribution in [3.63, 3.8) is 0 Å². The number of carbonyl (C=O) groups excluding carboxylic acids is 1. The first kappa shape index (κ1) is 23.8. The summed E-state index contributed by atoms with van der Waals surface area (Å²) in [6.45, 7) is 5.73. The van der Waals surface area contributed by atoms with Crippen molar-refractivity contribution < 1.29 is 18.4 Å². The van der Waals surface area contributed by atoms with E-state index in [1.165, 1.54) is 6.92 Å². The monoisotopic (exact) mass is 428 g/mol. The summed E-state index contributed by atoms with van der Waals surface area (Å²) in [6, 6.07) is 17.1. The minimum atomic E-state index is -3.06. The van der Waals surface area contributed by atoms with E-state index in [-0.39, 0.29) is 5.91 Å². The molecule has 0 spiro atoms. The summed E-state index contributed by atoms with van der Waals surface area (Å²) >= 11 is 0. The van der Waals surface area contributed by atoms with Crippen LogP contribution in [0.4, 0.5) is 0 Å². The Kier molecular flexibility index (Phi) is 9.26. The molecule has 0 aromatic heterocycles. The number of carbonyl (C=O) groups is 1. The van der Waals surface area contributed by atoms with Gasteiger partial charge >= 0.3 is 7.60 Å². The SMILES string of the molecule is CCOP(=O)(CCCc1ccccc1-c1cccc(C(C#N)NC(C)=O)c1)OCC. The molecule has 0 saturated carbocycles. The molecule has 0 aliphatic rings. The summed E-state index contributed by atoms with van der Waals surface area (Å²) in [7, 11) is -3.06. The Morgan fingerprint density at radius 2 is 1.83 bits per heavy atom. The Morgan fingerprint density at radius 3 is 2.47 bits per heavy atom. The molecular formula is C23H29N2O4P. The standard InChI is InChI=1S/C23H29N2O4P/c1-4-28-30(27,29-5-2)15-9-13-19-10-6-7-14-22(19)20-11-8-12-21(16-20)23(17-24)25-18(3)26/h6-8,10-12,14,16,23H,4-5,9,13,15H2,1-3H3,(H,25,26). The number of amides is 1. The second-order valence-corrected chi connectivity index (χ2v) is 9.00. The van der Waals surface area contributed by atoms with Gasteiger partial charge < -0.3 is 14.4 Å². The van der Waals surface area contributed by atoms with E-state index >= 15 is 0 Å². The van der Waals surface area contributed by atoms with Gasteiger partial charge in [0.15, 0.2) is 0 Å². The zero-order valence-electron chi connectivity index (χ0n) is 17.8. The van der Waals surface area contributed by atoms with Crippen molar-refractivity contribution in [2.24, 2.45) is 0 Å². The maximum absolute atomic E-state index is 12.7. The van der Waals surface area contributed by atoms with Gasteiger partial charge in [0, 0.05) is 6.92 Å². The molecule has 0 fully saturated rings. The van der Waals surface area contributed by atoms with Crippen LogP contribution in [-0.2, 0) is 24.8 Å². The second-order valence-electron chi connectivity index (χ2n) is 6.82. The molecule has 1 amide bonds. The number of hydrogen-bond acceptors (Lipinski definition) is 5. The number of aryl methyl sites for hydroxylation is 1. The van der Waals surface area contributed by atoms with Gasteiger partial charge in [-0.25, -0.2) is 0 Å². The number of hydrogen-bond donors (Lipinski definition) is 1. The van der Waals surface area contributed by atoms with Crippen molar-refractivity contribution in [2.75, 3.05) is 19.4 Å². The van der Waals surface area contributed by atoms with E-state index in [1.54, 1.807) is 0 Å². The van der Waals surface area contributed by atoms with Gasteiger partial charge in [0.2, 0.25) is 5.91 Å². The summed E-state index contributed by atoms with van der Waals surface area (Å²) in [6.07, 6.45) is 1.75. The highest BCUT2D eigenvalue weighted by Crippen LogP contribution is 2.48. The Labute approximate surface area is 178 Å². The predicted molar refractivity (Wildman–Crippen MR) is 118 cm³/mol. The Hall–Kier alpha value is -2.45. The third kappa shape index (κ3) is 6.81. The lowest BCUT2D eigenvalue weighted by Crippen LogP contribution is -2.24. The summed E-state index contributed by atoms with van der Waals surface area (Å²) in [5.41, 5.74) is 3.85. The van der Waals surface area contributed by atoms with Gasteiger partial charge in [0.25, 0.3) is 0 Å². The molecule has 2 aromatic carbocycles. The molecule has 0 saturated heterocycles. The van der Waals surface area contributed by atoms with E-state index < -0.39 is 13.6 Å². The normalized spacial score (nSPS) is 12.2. The van der Waals surface area contributed by atoms with Gasteiger partial charge in [0.05, 0.1) is 25.4 Å². The summed E-state index contributed by atoms with van der Waals surface area (Å²) < 4.78 is 23.4. The van der Waals surface area contributed by atoms with Crippen LogP contribution in [0, 0.1) is 11.3 Å². The summed E-state index contributed by atoms with van der Waals surface area (Å²) in [5.74, 6) is -0.250. The zero-order valence-corrected chi connectivity index (χ0v) is 18.7. The van der Waals surface area contributed by atoms with Crippen LogP contribution in [0.3, 0.4) is 0 Å². The number of benzene rings is 2. The van der Waals surface area contributed by atoms with Crippen LogP contribution >= 0.6 is 7.60 Å². The molecule has 7 heteroatoms. The highest BCUT2D eigenvalue weighted by molar-refractivity contribution is 7.53. The summed E-state index contributed by atoms with van der Waals surface area (Å²) in [4.78, 5) is 11.4. The molecule has 0 bridgehead atoms. The lowest BCUT2D eigenvalue weighted by molar-refractivity contribution is -0.119. The molecule has 0 radical (unpaired) electrons. The smallest absolute Gasteiger partial charge is 0.330 e. The highest BCUT2D eigenvalue weighted by Gasteiger charge is 2.23. The van der Waals surface area contributed by atoms with Crippen LogP contribution in [0.1, 0.15) is 44.4 Å². The van der Waals surface area contributed by atoms with Crippen LogP contribution in [0.5, 0.6) is 0 Å². The molecule has 30 heavy (non-hydrogen) atoms. The van der Waals surface area contributed by atoms with E-state index in [4.69, 9.17) is 9.05 Å². The minimum Gasteiger partial charge on any atom is -0.337 e. The van der Waals surface area contributed by atoms with E-state index in [0.717, 1.165) is 28.7 Å². The number of nitriles is 1. The second kappa shape index (κ2) is 11.7. The summed E-state index contributed by atoms with van der Waals surface area (Å²) in [5, 5.41) is 12.1. The third-order valence-corrected chi connectivity index (χ3v) is 6.72. The van der Waals surface area contributed by atoms with Crippen molar-refractivity contribution in [2.45, 2.75) is 39.7 Å². The molecule has 160 valence electrons. The van der Waals surface area contributed by atoms with Crippen LogP contribution in [0.15, 0.2) is 48.5 Å². The van der Waals surface area contributed by atoms with Crippen molar-refractivity contribution in [1.29, 1.82) is 5.26 Å². The van der Waals surface area contributed by atoms with E-state index in [2.05, 4.69) is 11.4 Å². The van der Waals surface area contributed by atoms with Crippen LogP contribution in [0.25, 0.3) is 11.1 Å². The largest absolute Gasteiger partial charge is 0.337 e. The molecular weight excluding hydrogens is 399 g/mol. The molecule has 0 aliphatic carbocycles. The molecule has 0 aliphatic heterocycles. The van der Waals surface area contributed by atoms with E-state index in [1.807, 2.05) is 62.4 Å². The van der Waals surface area contributed by atoms with Gasteiger partial charge in [-0.1, -0.05) is 42.5 Å². The molecule has 1 N–H and O–H groups in total. The van der Waals surface area contributed by atoms with Crippen LogP contribution in [-0.4, -0.2) is 25.3 Å². The quantitative estimate of drug-likeness (QED) is 0.494. The fourth-order valence-corrected chi connectivity index (χ4v) is 4.99. The van der Waals surface area contributed by atoms with Crippen LogP contribution in [0.2, 0.25) is 0 Å². The van der Waals surface area contributed by atoms with Crippen molar-refractivity contribution in [3.05, 3.63) is 59.7 Å².